The molecule has 1 rings (SSSR count). The normalized spacial score (nSPS) is 36.8. The maximum atomic E-state index is 9.73. The molecule has 0 aromatic rings. The second-order valence-electron chi connectivity index (χ2n) is 4.40. The van der Waals surface area contributed by atoms with Crippen LogP contribution in [0.1, 0.15) is 32.1 Å². The van der Waals surface area contributed by atoms with Gasteiger partial charge in [-0.05, 0) is 19.3 Å². The molecule has 0 aromatic heterocycles. The van der Waals surface area contributed by atoms with Gasteiger partial charge < -0.3 is 25.8 Å². The van der Waals surface area contributed by atoms with Crippen LogP contribution in [0.3, 0.4) is 0 Å². The van der Waals surface area contributed by atoms with Gasteiger partial charge in [-0.3, -0.25) is 0 Å². The van der Waals surface area contributed by atoms with Gasteiger partial charge in [-0.15, -0.1) is 0 Å². The maximum Gasteiger partial charge on any atom is 0.118 e. The number of rotatable bonds is 5. The SMILES string of the molecule is NC1(O)CCO[C@@](CO)(CCCCO)C1. The average Bonchev–Trinajstić information content (AvgIpc) is 2.17. The third-order valence-corrected chi connectivity index (χ3v) is 2.90. The molecule has 5 heteroatoms. The van der Waals surface area contributed by atoms with Crippen LogP contribution >= 0.6 is 0 Å². The number of nitrogens with two attached hydrogens (primary N) is 1. The molecule has 1 heterocycles. The van der Waals surface area contributed by atoms with E-state index in [0.717, 1.165) is 6.42 Å². The predicted octanol–water partition coefficient (Wildman–Crippen LogP) is -0.662. The number of unbranched alkanes of at least 4 members (excludes halogenated alkanes) is 1. The first-order valence-corrected chi connectivity index (χ1v) is 5.41. The van der Waals surface area contributed by atoms with E-state index in [1.165, 1.54) is 0 Å². The van der Waals surface area contributed by atoms with Gasteiger partial charge in [0, 0.05) is 19.4 Å². The molecular formula is C10H21NO4. The van der Waals surface area contributed by atoms with Crippen LogP contribution in [0.4, 0.5) is 0 Å². The van der Waals surface area contributed by atoms with Crippen molar-refractivity contribution >= 4 is 0 Å². The molecule has 0 aliphatic carbocycles. The zero-order chi connectivity index (χ0) is 11.4. The van der Waals surface area contributed by atoms with E-state index < -0.39 is 11.3 Å². The predicted molar refractivity (Wildman–Crippen MR) is 55.1 cm³/mol. The summed E-state index contributed by atoms with van der Waals surface area (Å²) in [6.07, 6.45) is 2.70. The minimum absolute atomic E-state index is 0.133. The molecule has 2 atom stereocenters. The van der Waals surface area contributed by atoms with Crippen molar-refractivity contribution in [2.45, 2.75) is 43.4 Å². The van der Waals surface area contributed by atoms with E-state index in [4.69, 9.17) is 15.6 Å². The minimum Gasteiger partial charge on any atom is -0.396 e. The van der Waals surface area contributed by atoms with E-state index >= 15 is 0 Å². The molecule has 0 bridgehead atoms. The highest BCUT2D eigenvalue weighted by molar-refractivity contribution is 4.91. The fourth-order valence-electron chi connectivity index (χ4n) is 2.04. The number of hydrogen-bond donors (Lipinski definition) is 4. The van der Waals surface area contributed by atoms with Crippen LogP contribution in [0.25, 0.3) is 0 Å². The Balaban J connectivity index is 2.51. The van der Waals surface area contributed by atoms with Crippen molar-refractivity contribution in [2.24, 2.45) is 5.73 Å². The summed E-state index contributed by atoms with van der Waals surface area (Å²) < 4.78 is 5.53. The molecular weight excluding hydrogens is 198 g/mol. The van der Waals surface area contributed by atoms with Gasteiger partial charge in [0.25, 0.3) is 0 Å². The number of aliphatic hydroxyl groups excluding tert-OH is 2. The zero-order valence-electron chi connectivity index (χ0n) is 8.98. The summed E-state index contributed by atoms with van der Waals surface area (Å²) in [5, 5.41) is 27.7. The monoisotopic (exact) mass is 219 g/mol. The lowest BCUT2D eigenvalue weighted by molar-refractivity contribution is -0.178. The van der Waals surface area contributed by atoms with Gasteiger partial charge in [0.15, 0.2) is 0 Å². The van der Waals surface area contributed by atoms with Crippen molar-refractivity contribution in [1.82, 2.24) is 0 Å². The Morgan fingerprint density at radius 1 is 1.27 bits per heavy atom. The van der Waals surface area contributed by atoms with Crippen LogP contribution in [-0.2, 0) is 4.74 Å². The molecule has 5 N–H and O–H groups in total. The summed E-state index contributed by atoms with van der Waals surface area (Å²) in [5.74, 6) is 0. The highest BCUT2D eigenvalue weighted by Crippen LogP contribution is 2.33. The first kappa shape index (κ1) is 12.9. The average molecular weight is 219 g/mol. The largest absolute Gasteiger partial charge is 0.396 e. The quantitative estimate of drug-likeness (QED) is 0.363. The third-order valence-electron chi connectivity index (χ3n) is 2.90. The van der Waals surface area contributed by atoms with Crippen molar-refractivity contribution in [3.8, 4) is 0 Å². The van der Waals surface area contributed by atoms with Gasteiger partial charge in [0.1, 0.15) is 5.72 Å². The highest BCUT2D eigenvalue weighted by atomic mass is 16.5. The van der Waals surface area contributed by atoms with Gasteiger partial charge in [-0.25, -0.2) is 0 Å². The van der Waals surface area contributed by atoms with Crippen LogP contribution in [0, 0.1) is 0 Å². The molecule has 1 aliphatic rings. The summed E-state index contributed by atoms with van der Waals surface area (Å²) >= 11 is 0. The fraction of sp³-hybridized carbons (Fsp3) is 1.00. The van der Waals surface area contributed by atoms with Gasteiger partial charge in [0.05, 0.1) is 18.8 Å². The van der Waals surface area contributed by atoms with Crippen molar-refractivity contribution < 1.29 is 20.1 Å². The number of hydrogen-bond acceptors (Lipinski definition) is 5. The Bertz CT molecular complexity index is 198. The van der Waals surface area contributed by atoms with Crippen molar-refractivity contribution in [2.75, 3.05) is 19.8 Å². The molecule has 0 spiro atoms. The standard InChI is InChI=1S/C10H21NO4/c11-10(14)4-6-15-9(7-10,8-13)3-1-2-5-12/h12-14H,1-8,11H2/t9-,10?/m0/s1. The van der Waals surface area contributed by atoms with Crippen LogP contribution < -0.4 is 5.73 Å². The van der Waals surface area contributed by atoms with Gasteiger partial charge >= 0.3 is 0 Å². The van der Waals surface area contributed by atoms with E-state index in [2.05, 4.69) is 0 Å². The Kier molecular flexibility index (Phi) is 4.48. The van der Waals surface area contributed by atoms with Crippen molar-refractivity contribution in [3.63, 3.8) is 0 Å². The molecule has 1 unspecified atom stereocenters. The molecule has 15 heavy (non-hydrogen) atoms. The first-order chi connectivity index (χ1) is 7.04. The van der Waals surface area contributed by atoms with Crippen LogP contribution in [0.15, 0.2) is 0 Å². The second-order valence-corrected chi connectivity index (χ2v) is 4.40. The van der Waals surface area contributed by atoms with Crippen molar-refractivity contribution in [3.05, 3.63) is 0 Å². The summed E-state index contributed by atoms with van der Waals surface area (Å²) in [6, 6.07) is 0. The lowest BCUT2D eigenvalue weighted by atomic mass is 9.85. The third kappa shape index (κ3) is 3.70. The molecule has 1 saturated heterocycles. The summed E-state index contributed by atoms with van der Waals surface area (Å²) in [5.41, 5.74) is 3.69. The first-order valence-electron chi connectivity index (χ1n) is 5.41. The van der Waals surface area contributed by atoms with E-state index in [-0.39, 0.29) is 19.6 Å². The molecule has 0 radical (unpaired) electrons. The molecule has 0 amide bonds. The smallest absolute Gasteiger partial charge is 0.118 e. The Morgan fingerprint density at radius 2 is 2.00 bits per heavy atom. The Morgan fingerprint density at radius 3 is 2.53 bits per heavy atom. The maximum absolute atomic E-state index is 9.73. The highest BCUT2D eigenvalue weighted by Gasteiger charge is 2.42. The van der Waals surface area contributed by atoms with Gasteiger partial charge in [-0.2, -0.15) is 0 Å². The second kappa shape index (κ2) is 5.23. The van der Waals surface area contributed by atoms with Crippen LogP contribution in [0.2, 0.25) is 0 Å². The zero-order valence-corrected chi connectivity index (χ0v) is 8.98. The van der Waals surface area contributed by atoms with Crippen LogP contribution in [0.5, 0.6) is 0 Å². The Labute approximate surface area is 89.9 Å². The molecule has 5 nitrogen and oxygen atoms in total. The number of ether oxygens (including phenoxy) is 1. The Hall–Kier alpha value is -0.200. The molecule has 0 saturated carbocycles. The minimum atomic E-state index is -1.24. The topological polar surface area (TPSA) is 95.9 Å². The van der Waals surface area contributed by atoms with E-state index in [1.54, 1.807) is 0 Å². The summed E-state index contributed by atoms with van der Waals surface area (Å²) in [4.78, 5) is 0. The van der Waals surface area contributed by atoms with Crippen molar-refractivity contribution in [1.29, 1.82) is 0 Å². The summed E-state index contributed by atoms with van der Waals surface area (Å²) in [6.45, 7) is 0.360. The fourth-order valence-corrected chi connectivity index (χ4v) is 2.04. The van der Waals surface area contributed by atoms with Gasteiger partial charge in [0.2, 0.25) is 0 Å². The summed E-state index contributed by atoms with van der Waals surface area (Å²) in [7, 11) is 0. The van der Waals surface area contributed by atoms with E-state index in [9.17, 15) is 10.2 Å². The van der Waals surface area contributed by atoms with Gasteiger partial charge in [-0.1, -0.05) is 0 Å². The van der Waals surface area contributed by atoms with E-state index in [1.807, 2.05) is 0 Å². The number of aliphatic hydroxyl groups is 3. The molecule has 0 aromatic carbocycles. The lowest BCUT2D eigenvalue weighted by Crippen LogP contribution is -2.55. The molecule has 1 aliphatic heterocycles. The van der Waals surface area contributed by atoms with Crippen LogP contribution in [-0.4, -0.2) is 46.5 Å². The molecule has 90 valence electrons. The lowest BCUT2D eigenvalue weighted by Gasteiger charge is -2.42. The molecule has 1 fully saturated rings. The van der Waals surface area contributed by atoms with E-state index in [0.29, 0.717) is 25.9 Å².